The first-order valence-electron chi connectivity index (χ1n) is 10.7. The van der Waals surface area contributed by atoms with Crippen LogP contribution in [-0.4, -0.2) is 50.8 Å². The number of nitrogens with one attached hydrogen (secondary N) is 2. The third-order valence-corrected chi connectivity index (χ3v) is 7.58. The Hall–Kier alpha value is -2.98. The van der Waals surface area contributed by atoms with Crippen molar-refractivity contribution in [1.29, 1.82) is 0 Å². The number of hydrogen-bond donors (Lipinski definition) is 2. The first kappa shape index (κ1) is 24.7. The zero-order chi connectivity index (χ0) is 24.0. The Balaban J connectivity index is 1.60. The molecule has 178 valence electrons. The third kappa shape index (κ3) is 5.88. The van der Waals surface area contributed by atoms with Crippen molar-refractivity contribution in [3.63, 3.8) is 0 Å². The van der Waals surface area contributed by atoms with Gasteiger partial charge in [0.15, 0.2) is 0 Å². The van der Waals surface area contributed by atoms with Gasteiger partial charge in [-0.05, 0) is 62.1 Å². The molecule has 0 aliphatic carbocycles. The zero-order valence-corrected chi connectivity index (χ0v) is 19.5. The highest BCUT2D eigenvalue weighted by Gasteiger charge is 2.33. The van der Waals surface area contributed by atoms with Crippen LogP contribution < -0.4 is 15.4 Å². The second-order valence-corrected chi connectivity index (χ2v) is 9.77. The molecule has 2 amide bonds. The number of para-hydroxylation sites is 2. The summed E-state index contributed by atoms with van der Waals surface area (Å²) in [5.74, 6) is -1.69. The predicted octanol–water partition coefficient (Wildman–Crippen LogP) is 2.83. The Kier molecular flexibility index (Phi) is 8.04. The predicted molar refractivity (Wildman–Crippen MR) is 122 cm³/mol. The van der Waals surface area contributed by atoms with Gasteiger partial charge in [0.05, 0.1) is 17.7 Å². The smallest absolute Gasteiger partial charge is 0.313 e. The van der Waals surface area contributed by atoms with Crippen molar-refractivity contribution in [2.45, 2.75) is 43.5 Å². The fraction of sp³-hybridized carbons (Fsp3) is 0.391. The minimum Gasteiger partial charge on any atom is -0.495 e. The maximum absolute atomic E-state index is 13.6. The molecule has 2 aromatic carbocycles. The Morgan fingerprint density at radius 2 is 1.91 bits per heavy atom. The molecule has 10 heteroatoms. The first-order valence-corrected chi connectivity index (χ1v) is 12.2. The molecule has 1 atom stereocenters. The number of halogens is 1. The fourth-order valence-electron chi connectivity index (χ4n) is 3.85. The molecule has 1 saturated heterocycles. The number of carbonyl (C=O) groups is 2. The van der Waals surface area contributed by atoms with Crippen LogP contribution in [0.5, 0.6) is 5.75 Å². The van der Waals surface area contributed by atoms with Gasteiger partial charge in [-0.2, -0.15) is 4.31 Å². The highest BCUT2D eigenvalue weighted by atomic mass is 32.2. The molecule has 2 aromatic rings. The number of anilines is 1. The van der Waals surface area contributed by atoms with Crippen LogP contribution in [0.2, 0.25) is 0 Å². The second-order valence-electron chi connectivity index (χ2n) is 7.88. The lowest BCUT2D eigenvalue weighted by atomic mass is 10.0. The minimum absolute atomic E-state index is 0.0496. The fourth-order valence-corrected chi connectivity index (χ4v) is 5.66. The number of hydrogen-bond acceptors (Lipinski definition) is 5. The summed E-state index contributed by atoms with van der Waals surface area (Å²) in [6.45, 7) is 2.01. The van der Waals surface area contributed by atoms with E-state index >= 15 is 0 Å². The molecule has 0 radical (unpaired) electrons. The van der Waals surface area contributed by atoms with E-state index in [2.05, 4.69) is 10.6 Å². The molecule has 1 fully saturated rings. The summed E-state index contributed by atoms with van der Waals surface area (Å²) in [5.41, 5.74) is 0.636. The standard InChI is InChI=1S/C23H28FN3O5S/c1-16-15-18(10-11-19(16)24)33(30,31)27-14-6-5-7-17(27)12-13-25-22(28)23(29)26-20-8-3-4-9-21(20)32-2/h3-4,8-11,15,17H,5-7,12-14H2,1-2H3,(H,25,28)(H,26,29)/t17-/m0/s1. The number of methoxy groups -OCH3 is 1. The van der Waals surface area contributed by atoms with Crippen molar-refractivity contribution >= 4 is 27.5 Å². The van der Waals surface area contributed by atoms with Crippen molar-refractivity contribution < 1.29 is 27.1 Å². The number of amides is 2. The van der Waals surface area contributed by atoms with Crippen LogP contribution in [0.25, 0.3) is 0 Å². The van der Waals surface area contributed by atoms with Crippen molar-refractivity contribution in [2.75, 3.05) is 25.5 Å². The molecule has 1 aliphatic rings. The SMILES string of the molecule is COc1ccccc1NC(=O)C(=O)NCC[C@@H]1CCCCN1S(=O)(=O)c1ccc(F)c(C)c1. The van der Waals surface area contributed by atoms with E-state index in [4.69, 9.17) is 4.74 Å². The summed E-state index contributed by atoms with van der Waals surface area (Å²) in [5, 5.41) is 5.05. The minimum atomic E-state index is -3.81. The number of nitrogens with zero attached hydrogens (tertiary/aromatic N) is 1. The lowest BCUT2D eigenvalue weighted by molar-refractivity contribution is -0.136. The molecule has 33 heavy (non-hydrogen) atoms. The molecule has 0 saturated carbocycles. The molecule has 0 spiro atoms. The molecule has 1 aliphatic heterocycles. The number of ether oxygens (including phenoxy) is 1. The Bertz CT molecular complexity index is 1120. The molecule has 8 nitrogen and oxygen atoms in total. The van der Waals surface area contributed by atoms with Crippen LogP contribution >= 0.6 is 0 Å². The van der Waals surface area contributed by atoms with Gasteiger partial charge in [0, 0.05) is 19.1 Å². The number of carbonyl (C=O) groups excluding carboxylic acids is 2. The highest BCUT2D eigenvalue weighted by molar-refractivity contribution is 7.89. The van der Waals surface area contributed by atoms with E-state index in [9.17, 15) is 22.4 Å². The van der Waals surface area contributed by atoms with E-state index in [1.165, 1.54) is 30.5 Å². The molecule has 0 aromatic heterocycles. The summed E-state index contributed by atoms with van der Waals surface area (Å²) < 4.78 is 46.5. The van der Waals surface area contributed by atoms with E-state index in [-0.39, 0.29) is 23.0 Å². The molecular weight excluding hydrogens is 449 g/mol. The van der Waals surface area contributed by atoms with Gasteiger partial charge in [-0.15, -0.1) is 0 Å². The lowest BCUT2D eigenvalue weighted by Gasteiger charge is -2.34. The number of aryl methyl sites for hydroxylation is 1. The molecule has 2 N–H and O–H groups in total. The average molecular weight is 478 g/mol. The van der Waals surface area contributed by atoms with Crippen LogP contribution in [0, 0.1) is 12.7 Å². The number of sulfonamides is 1. The summed E-state index contributed by atoms with van der Waals surface area (Å²) in [7, 11) is -2.34. The molecule has 1 heterocycles. The Labute approximate surface area is 193 Å². The topological polar surface area (TPSA) is 105 Å². The van der Waals surface area contributed by atoms with Crippen molar-refractivity contribution in [2.24, 2.45) is 0 Å². The molecule has 0 unspecified atom stereocenters. The first-order chi connectivity index (χ1) is 15.7. The normalized spacial score (nSPS) is 16.8. The molecular formula is C23H28FN3O5S. The third-order valence-electron chi connectivity index (χ3n) is 5.63. The van der Waals surface area contributed by atoms with Crippen LogP contribution in [0.4, 0.5) is 10.1 Å². The van der Waals surface area contributed by atoms with Crippen molar-refractivity contribution in [1.82, 2.24) is 9.62 Å². The summed E-state index contributed by atoms with van der Waals surface area (Å²) in [4.78, 5) is 24.5. The Morgan fingerprint density at radius 3 is 2.64 bits per heavy atom. The number of piperidine rings is 1. The van der Waals surface area contributed by atoms with E-state index in [1.54, 1.807) is 24.3 Å². The van der Waals surface area contributed by atoms with Gasteiger partial charge in [0.2, 0.25) is 10.0 Å². The van der Waals surface area contributed by atoms with Crippen LogP contribution in [0.3, 0.4) is 0 Å². The largest absolute Gasteiger partial charge is 0.495 e. The Morgan fingerprint density at radius 1 is 1.15 bits per heavy atom. The van der Waals surface area contributed by atoms with Crippen LogP contribution in [-0.2, 0) is 19.6 Å². The van der Waals surface area contributed by atoms with E-state index in [0.29, 0.717) is 30.8 Å². The van der Waals surface area contributed by atoms with Gasteiger partial charge < -0.3 is 15.4 Å². The van der Waals surface area contributed by atoms with E-state index < -0.39 is 27.7 Å². The quantitative estimate of drug-likeness (QED) is 0.597. The summed E-state index contributed by atoms with van der Waals surface area (Å²) >= 11 is 0. The number of rotatable bonds is 7. The average Bonchev–Trinajstić information content (AvgIpc) is 2.81. The van der Waals surface area contributed by atoms with Crippen LogP contribution in [0.15, 0.2) is 47.4 Å². The summed E-state index contributed by atoms with van der Waals surface area (Å²) in [6, 6.07) is 10.2. The lowest BCUT2D eigenvalue weighted by Crippen LogP contribution is -2.45. The van der Waals surface area contributed by atoms with E-state index in [1.807, 2.05) is 0 Å². The van der Waals surface area contributed by atoms with Gasteiger partial charge in [-0.3, -0.25) is 9.59 Å². The second kappa shape index (κ2) is 10.8. The maximum atomic E-state index is 13.6. The molecule has 0 bridgehead atoms. The highest BCUT2D eigenvalue weighted by Crippen LogP contribution is 2.28. The van der Waals surface area contributed by atoms with Gasteiger partial charge in [-0.25, -0.2) is 12.8 Å². The van der Waals surface area contributed by atoms with Gasteiger partial charge in [-0.1, -0.05) is 18.6 Å². The van der Waals surface area contributed by atoms with Gasteiger partial charge in [0.1, 0.15) is 11.6 Å². The molecule has 3 rings (SSSR count). The van der Waals surface area contributed by atoms with E-state index in [0.717, 1.165) is 18.9 Å². The monoisotopic (exact) mass is 477 g/mol. The van der Waals surface area contributed by atoms with Crippen LogP contribution in [0.1, 0.15) is 31.2 Å². The van der Waals surface area contributed by atoms with Gasteiger partial charge in [0.25, 0.3) is 0 Å². The maximum Gasteiger partial charge on any atom is 0.313 e. The number of benzene rings is 2. The van der Waals surface area contributed by atoms with Crippen molar-refractivity contribution in [3.05, 3.63) is 53.8 Å². The zero-order valence-electron chi connectivity index (χ0n) is 18.6. The van der Waals surface area contributed by atoms with Gasteiger partial charge >= 0.3 is 11.8 Å². The summed E-state index contributed by atoms with van der Waals surface area (Å²) in [6.07, 6.45) is 2.58. The van der Waals surface area contributed by atoms with Crippen molar-refractivity contribution in [3.8, 4) is 5.75 Å².